The summed E-state index contributed by atoms with van der Waals surface area (Å²) in [7, 11) is 0. The monoisotopic (exact) mass is 377 g/mol. The zero-order chi connectivity index (χ0) is 18.8. The predicted molar refractivity (Wildman–Crippen MR) is 101 cm³/mol. The molecule has 2 heterocycles. The largest absolute Gasteiger partial charge is 0.325 e. The minimum atomic E-state index is -1.45. The standard InChI is InChI=1S/C20H15N3O3S/c21-10-14(20(25)22-12-6-2-1-3-7-12)18(24)19-15-11-27-16-9-5-4-8-13(16)17(15)23-26-19/h1-9,14,19,23H,11H2,(H,22,25). The first-order chi connectivity index (χ1) is 13.2. The molecule has 4 rings (SSSR count). The van der Waals surface area contributed by atoms with Crippen molar-refractivity contribution < 1.29 is 14.4 Å². The lowest BCUT2D eigenvalue weighted by Crippen LogP contribution is -2.37. The van der Waals surface area contributed by atoms with E-state index in [9.17, 15) is 14.9 Å². The maximum absolute atomic E-state index is 12.9. The first-order valence-electron chi connectivity index (χ1n) is 8.35. The number of benzene rings is 2. The number of carbonyl (C=O) groups is 2. The average molecular weight is 377 g/mol. The van der Waals surface area contributed by atoms with Crippen LogP contribution < -0.4 is 10.8 Å². The second-order valence-corrected chi connectivity index (χ2v) is 7.12. The summed E-state index contributed by atoms with van der Waals surface area (Å²) in [6, 6.07) is 18.4. The summed E-state index contributed by atoms with van der Waals surface area (Å²) >= 11 is 1.60. The molecule has 1 amide bonds. The first kappa shape index (κ1) is 17.3. The molecule has 2 aromatic rings. The number of amides is 1. The highest BCUT2D eigenvalue weighted by atomic mass is 32.2. The van der Waals surface area contributed by atoms with Crippen molar-refractivity contribution in [3.8, 4) is 6.07 Å². The van der Waals surface area contributed by atoms with Gasteiger partial charge in [-0.3, -0.25) is 19.9 Å². The highest BCUT2D eigenvalue weighted by molar-refractivity contribution is 7.99. The minimum absolute atomic E-state index is 0.531. The molecule has 134 valence electrons. The third kappa shape index (κ3) is 3.21. The lowest BCUT2D eigenvalue weighted by molar-refractivity contribution is -0.136. The van der Waals surface area contributed by atoms with Gasteiger partial charge in [0.05, 0.1) is 11.8 Å². The van der Waals surface area contributed by atoms with E-state index in [1.54, 1.807) is 36.0 Å². The molecule has 0 radical (unpaired) electrons. The summed E-state index contributed by atoms with van der Waals surface area (Å²) in [5, 5.41) is 12.0. The van der Waals surface area contributed by atoms with Crippen molar-refractivity contribution in [2.75, 3.05) is 11.1 Å². The average Bonchev–Trinajstić information content (AvgIpc) is 3.14. The molecule has 27 heavy (non-hydrogen) atoms. The lowest BCUT2D eigenvalue weighted by Gasteiger charge is -2.18. The molecule has 0 spiro atoms. The van der Waals surface area contributed by atoms with E-state index in [2.05, 4.69) is 10.8 Å². The van der Waals surface area contributed by atoms with Gasteiger partial charge in [-0.1, -0.05) is 36.4 Å². The van der Waals surface area contributed by atoms with E-state index in [0.29, 0.717) is 11.4 Å². The van der Waals surface area contributed by atoms with Gasteiger partial charge in [-0.2, -0.15) is 5.26 Å². The molecule has 2 aliphatic heterocycles. The Labute approximate surface area is 160 Å². The molecule has 2 unspecified atom stereocenters. The van der Waals surface area contributed by atoms with Crippen LogP contribution in [0.4, 0.5) is 5.69 Å². The Balaban J connectivity index is 1.56. The van der Waals surface area contributed by atoms with Gasteiger partial charge in [0.1, 0.15) is 0 Å². The van der Waals surface area contributed by atoms with Crippen LogP contribution in [-0.2, 0) is 14.4 Å². The summed E-state index contributed by atoms with van der Waals surface area (Å²) < 4.78 is 0. The summed E-state index contributed by atoms with van der Waals surface area (Å²) in [4.78, 5) is 31.9. The van der Waals surface area contributed by atoms with Gasteiger partial charge in [-0.15, -0.1) is 11.8 Å². The molecule has 0 aliphatic carbocycles. The molecule has 0 saturated carbocycles. The molecule has 7 heteroatoms. The van der Waals surface area contributed by atoms with Gasteiger partial charge >= 0.3 is 0 Å². The van der Waals surface area contributed by atoms with E-state index in [-0.39, 0.29) is 0 Å². The van der Waals surface area contributed by atoms with E-state index in [4.69, 9.17) is 4.84 Å². The van der Waals surface area contributed by atoms with Crippen molar-refractivity contribution in [2.45, 2.75) is 11.0 Å². The summed E-state index contributed by atoms with van der Waals surface area (Å²) in [5.74, 6) is -2.11. The maximum atomic E-state index is 12.9. The number of anilines is 1. The van der Waals surface area contributed by atoms with E-state index >= 15 is 0 Å². The van der Waals surface area contributed by atoms with Crippen LogP contribution in [0.3, 0.4) is 0 Å². The van der Waals surface area contributed by atoms with Crippen LogP contribution in [0.5, 0.6) is 0 Å². The van der Waals surface area contributed by atoms with Crippen LogP contribution in [0.25, 0.3) is 5.70 Å². The minimum Gasteiger partial charge on any atom is -0.325 e. The molecule has 0 bridgehead atoms. The van der Waals surface area contributed by atoms with Crippen molar-refractivity contribution in [1.29, 1.82) is 5.26 Å². The molecule has 0 fully saturated rings. The quantitative estimate of drug-likeness (QED) is 0.796. The third-order valence-electron chi connectivity index (χ3n) is 4.43. The number of carbonyl (C=O) groups excluding carboxylic acids is 2. The zero-order valence-electron chi connectivity index (χ0n) is 14.1. The number of hydrogen-bond acceptors (Lipinski definition) is 6. The lowest BCUT2D eigenvalue weighted by atomic mass is 9.94. The van der Waals surface area contributed by atoms with E-state index in [1.165, 1.54) is 0 Å². The van der Waals surface area contributed by atoms with Gasteiger partial charge in [0.25, 0.3) is 0 Å². The van der Waals surface area contributed by atoms with E-state index in [0.717, 1.165) is 21.7 Å². The Kier molecular flexibility index (Phi) is 4.67. The second-order valence-electron chi connectivity index (χ2n) is 6.10. The molecular weight excluding hydrogens is 362 g/mol. The van der Waals surface area contributed by atoms with Gasteiger partial charge in [-0.25, -0.2) is 0 Å². The highest BCUT2D eigenvalue weighted by Crippen LogP contribution is 2.40. The van der Waals surface area contributed by atoms with Crippen molar-refractivity contribution >= 4 is 34.8 Å². The van der Waals surface area contributed by atoms with Crippen LogP contribution >= 0.6 is 11.8 Å². The number of nitriles is 1. The Morgan fingerprint density at radius 1 is 1.19 bits per heavy atom. The van der Waals surface area contributed by atoms with Crippen LogP contribution in [0.15, 0.2) is 65.1 Å². The van der Waals surface area contributed by atoms with Crippen molar-refractivity contribution in [2.24, 2.45) is 5.92 Å². The number of para-hydroxylation sites is 1. The molecule has 6 nitrogen and oxygen atoms in total. The number of nitrogens with zero attached hydrogens (tertiary/aromatic N) is 1. The summed E-state index contributed by atoms with van der Waals surface area (Å²) in [6.07, 6.45) is -0.952. The molecule has 0 saturated heterocycles. The van der Waals surface area contributed by atoms with Gasteiger partial charge in [-0.05, 0) is 18.2 Å². The number of hydroxylamine groups is 1. The molecule has 2 N–H and O–H groups in total. The normalized spacial score (nSPS) is 18.6. The molecular formula is C20H15N3O3S. The SMILES string of the molecule is N#CC(C(=O)Nc1ccccc1)C(=O)C1ONC2=C1CSc1ccccc12. The molecule has 0 aromatic heterocycles. The Morgan fingerprint density at radius 3 is 2.70 bits per heavy atom. The Morgan fingerprint density at radius 2 is 1.93 bits per heavy atom. The zero-order valence-corrected chi connectivity index (χ0v) is 15.0. The number of Topliss-reactive ketones (excluding diaryl/α,β-unsaturated/α-hetero) is 1. The van der Waals surface area contributed by atoms with Crippen molar-refractivity contribution in [1.82, 2.24) is 5.48 Å². The van der Waals surface area contributed by atoms with E-state index < -0.39 is 23.7 Å². The first-order valence-corrected chi connectivity index (χ1v) is 9.34. The fraction of sp³-hybridized carbons (Fsp3) is 0.150. The number of nitrogens with one attached hydrogen (secondary N) is 2. The van der Waals surface area contributed by atoms with E-state index in [1.807, 2.05) is 36.4 Å². The van der Waals surface area contributed by atoms with Crippen molar-refractivity contribution in [3.05, 3.63) is 65.7 Å². The number of hydrogen-bond donors (Lipinski definition) is 2. The molecule has 2 aliphatic rings. The Bertz CT molecular complexity index is 981. The Hall–Kier alpha value is -3.08. The third-order valence-corrected chi connectivity index (χ3v) is 5.55. The van der Waals surface area contributed by atoms with Gasteiger partial charge in [0.2, 0.25) is 5.91 Å². The van der Waals surface area contributed by atoms with Gasteiger partial charge in [0, 0.05) is 27.5 Å². The summed E-state index contributed by atoms with van der Waals surface area (Å²) in [6.45, 7) is 0. The molecule has 2 atom stereocenters. The van der Waals surface area contributed by atoms with Crippen LogP contribution in [0, 0.1) is 17.2 Å². The van der Waals surface area contributed by atoms with Crippen LogP contribution in [-0.4, -0.2) is 23.5 Å². The summed E-state index contributed by atoms with van der Waals surface area (Å²) in [5.41, 5.74) is 5.82. The van der Waals surface area contributed by atoms with Crippen LogP contribution in [0.1, 0.15) is 5.56 Å². The highest BCUT2D eigenvalue weighted by Gasteiger charge is 2.41. The predicted octanol–water partition coefficient (Wildman–Crippen LogP) is 2.75. The van der Waals surface area contributed by atoms with Crippen LogP contribution in [0.2, 0.25) is 0 Å². The topological polar surface area (TPSA) is 91.2 Å². The number of rotatable bonds is 4. The number of ketones is 1. The maximum Gasteiger partial charge on any atom is 0.249 e. The van der Waals surface area contributed by atoms with Gasteiger partial charge in [0.15, 0.2) is 17.8 Å². The fourth-order valence-electron chi connectivity index (χ4n) is 3.08. The smallest absolute Gasteiger partial charge is 0.249 e. The number of thioether (sulfide) groups is 1. The second kappa shape index (κ2) is 7.27. The fourth-order valence-corrected chi connectivity index (χ4v) is 4.19. The van der Waals surface area contributed by atoms with Gasteiger partial charge < -0.3 is 5.32 Å². The molecule has 2 aromatic carbocycles. The van der Waals surface area contributed by atoms with Crippen molar-refractivity contribution in [3.63, 3.8) is 0 Å². The number of fused-ring (bicyclic) bond motifs is 2.